The normalized spacial score (nSPS) is 16.6. The Hall–Kier alpha value is -1.53. The van der Waals surface area contributed by atoms with Crippen LogP contribution < -0.4 is 24.8 Å². The van der Waals surface area contributed by atoms with Gasteiger partial charge in [-0.2, -0.15) is 0 Å². The van der Waals surface area contributed by atoms with E-state index in [4.69, 9.17) is 0 Å². The van der Waals surface area contributed by atoms with Gasteiger partial charge in [0.15, 0.2) is 0 Å². The molecule has 0 amide bonds. The van der Waals surface area contributed by atoms with Gasteiger partial charge in [-0.25, -0.2) is 0 Å². The van der Waals surface area contributed by atoms with E-state index in [1.807, 2.05) is 0 Å². The average Bonchev–Trinajstić information content (AvgIpc) is 3.46. The molecule has 0 saturated heterocycles. The van der Waals surface area contributed by atoms with Crippen LogP contribution in [-0.4, -0.2) is 3.71 Å². The van der Waals surface area contributed by atoms with Crippen molar-refractivity contribution in [2.24, 2.45) is 11.3 Å². The SMILES string of the molecule is CCC1C=C(C(C)(C)C)C=[C]1/[Zr+2](=[CH]\c1ccc(C)cc1)[CH]1c2ccc(C(C)(C)C)cc2-c2cc(C(C)(C)C)ccc21.[Cl-].[Cl-]. The first kappa shape index (κ1) is 35.9. The minimum atomic E-state index is -2.48. The molecule has 3 aromatic carbocycles. The molecule has 0 heterocycles. The molecule has 2 aliphatic rings. The Kier molecular flexibility index (Phi) is 10.9. The van der Waals surface area contributed by atoms with Crippen LogP contribution in [0.4, 0.5) is 0 Å². The zero-order valence-corrected chi connectivity index (χ0v) is 32.1. The maximum atomic E-state index is 2.77. The minimum absolute atomic E-state index is 0. The van der Waals surface area contributed by atoms with Gasteiger partial charge in [-0.3, -0.25) is 0 Å². The third-order valence-electron chi connectivity index (χ3n) is 9.19. The van der Waals surface area contributed by atoms with Gasteiger partial charge in [-0.05, 0) is 0 Å². The molecule has 43 heavy (non-hydrogen) atoms. The molecule has 0 nitrogen and oxygen atoms in total. The molecular formula is C40H50Cl2Zr. The van der Waals surface area contributed by atoms with Crippen molar-refractivity contribution in [2.75, 3.05) is 0 Å². The molecule has 0 bridgehead atoms. The summed E-state index contributed by atoms with van der Waals surface area (Å²) in [4.78, 5) is 0. The number of aryl methyl sites for hydroxylation is 1. The summed E-state index contributed by atoms with van der Waals surface area (Å²) in [5.41, 5.74) is 13.6. The zero-order chi connectivity index (χ0) is 29.9. The summed E-state index contributed by atoms with van der Waals surface area (Å²) in [6.07, 6.45) is 6.44. The molecule has 0 saturated carbocycles. The van der Waals surface area contributed by atoms with E-state index in [9.17, 15) is 0 Å². The van der Waals surface area contributed by atoms with E-state index in [1.165, 1.54) is 45.4 Å². The summed E-state index contributed by atoms with van der Waals surface area (Å²) in [5.74, 6) is 0.551. The number of halogens is 2. The van der Waals surface area contributed by atoms with Crippen LogP contribution in [-0.2, 0) is 32.1 Å². The standard InChI is InChI=1S/C21H25.C11H17.C8H8.2ClH.Zr/c1-20(2,3)16-9-7-14-11-15-8-10-17(21(4,5)6)13-19(15)18(14)12-16;1-5-9-6-7-10(8-9)11(2,3)4;1-7-3-5-8(2)6-4-7;;;/h7-13H,1-6H3;7-9H,5H2,1-4H3;1,3-6H,2H3;2*1H;/q;;;;;+2/p-2. The van der Waals surface area contributed by atoms with E-state index >= 15 is 0 Å². The summed E-state index contributed by atoms with van der Waals surface area (Å²) in [5, 5.41) is 0. The minimum Gasteiger partial charge on any atom is -1.00 e. The van der Waals surface area contributed by atoms with Crippen molar-refractivity contribution < 1.29 is 46.1 Å². The predicted octanol–water partition coefficient (Wildman–Crippen LogP) is 5.03. The molecule has 228 valence electrons. The van der Waals surface area contributed by atoms with Crippen LogP contribution >= 0.6 is 0 Å². The van der Waals surface area contributed by atoms with E-state index in [2.05, 4.69) is 153 Å². The third kappa shape index (κ3) is 7.32. The second-order valence-corrected chi connectivity index (χ2v) is 21.3. The summed E-state index contributed by atoms with van der Waals surface area (Å²) in [6, 6.07) is 24.2. The molecule has 0 radical (unpaired) electrons. The molecule has 3 aromatic rings. The second kappa shape index (κ2) is 13.1. The predicted molar refractivity (Wildman–Crippen MR) is 177 cm³/mol. The summed E-state index contributed by atoms with van der Waals surface area (Å²) >= 11 is -2.48. The average molecular weight is 693 g/mol. The Morgan fingerprint density at radius 3 is 1.58 bits per heavy atom. The topological polar surface area (TPSA) is 0 Å². The fraction of sp³-hybridized carbons (Fsp3) is 0.425. The molecular weight excluding hydrogens is 643 g/mol. The number of fused-ring (bicyclic) bond motifs is 3. The first-order valence-electron chi connectivity index (χ1n) is 15.6. The van der Waals surface area contributed by atoms with E-state index in [1.54, 1.807) is 14.4 Å². The van der Waals surface area contributed by atoms with Gasteiger partial charge < -0.3 is 24.8 Å². The van der Waals surface area contributed by atoms with Crippen LogP contribution in [0.15, 0.2) is 81.7 Å². The first-order chi connectivity index (χ1) is 19.1. The molecule has 2 aliphatic carbocycles. The van der Waals surface area contributed by atoms with Gasteiger partial charge in [-0.15, -0.1) is 0 Å². The van der Waals surface area contributed by atoms with Gasteiger partial charge in [0.25, 0.3) is 0 Å². The van der Waals surface area contributed by atoms with Crippen LogP contribution in [0.2, 0.25) is 0 Å². The quantitative estimate of drug-likeness (QED) is 0.360. The molecule has 0 aromatic heterocycles. The van der Waals surface area contributed by atoms with Crippen LogP contribution in [0.3, 0.4) is 0 Å². The molecule has 1 atom stereocenters. The van der Waals surface area contributed by atoms with E-state index in [-0.39, 0.29) is 41.1 Å². The van der Waals surface area contributed by atoms with Crippen molar-refractivity contribution in [3.8, 4) is 11.1 Å². The van der Waals surface area contributed by atoms with E-state index < -0.39 is 21.3 Å². The summed E-state index contributed by atoms with van der Waals surface area (Å²) in [7, 11) is 0. The first-order valence-corrected chi connectivity index (χ1v) is 19.7. The van der Waals surface area contributed by atoms with Crippen LogP contribution in [0.25, 0.3) is 11.1 Å². The number of benzene rings is 3. The zero-order valence-electron chi connectivity index (χ0n) is 28.1. The van der Waals surface area contributed by atoms with Crippen LogP contribution in [0.1, 0.15) is 113 Å². The van der Waals surface area contributed by atoms with Gasteiger partial charge in [0.2, 0.25) is 0 Å². The number of rotatable bonds is 4. The van der Waals surface area contributed by atoms with E-state index in [0.29, 0.717) is 9.54 Å². The largest absolute Gasteiger partial charge is 1.00 e. The Balaban J connectivity index is 0.00000253. The van der Waals surface area contributed by atoms with Crippen molar-refractivity contribution >= 4 is 3.71 Å². The number of hydrogen-bond acceptors (Lipinski definition) is 0. The van der Waals surface area contributed by atoms with Gasteiger partial charge in [0.1, 0.15) is 0 Å². The van der Waals surface area contributed by atoms with Gasteiger partial charge in [0, 0.05) is 0 Å². The Labute approximate surface area is 282 Å². The maximum Gasteiger partial charge on any atom is -1.00 e. The summed E-state index contributed by atoms with van der Waals surface area (Å²) < 4.78 is 5.03. The fourth-order valence-corrected chi connectivity index (χ4v) is 14.9. The second-order valence-electron chi connectivity index (χ2n) is 15.5. The maximum absolute atomic E-state index is 2.77. The third-order valence-corrected chi connectivity index (χ3v) is 16.7. The molecule has 3 heteroatoms. The Morgan fingerprint density at radius 2 is 1.16 bits per heavy atom. The fourth-order valence-electron chi connectivity index (χ4n) is 6.42. The summed E-state index contributed by atoms with van der Waals surface area (Å²) in [6.45, 7) is 25.8. The van der Waals surface area contributed by atoms with E-state index in [0.717, 1.165) is 0 Å². The van der Waals surface area contributed by atoms with Crippen molar-refractivity contribution in [2.45, 2.75) is 97.0 Å². The van der Waals surface area contributed by atoms with Crippen molar-refractivity contribution in [3.63, 3.8) is 0 Å². The van der Waals surface area contributed by atoms with Crippen LogP contribution in [0, 0.1) is 18.3 Å². The van der Waals surface area contributed by atoms with Gasteiger partial charge in [-0.1, -0.05) is 0 Å². The molecule has 0 aliphatic heterocycles. The monoisotopic (exact) mass is 690 g/mol. The van der Waals surface area contributed by atoms with Crippen molar-refractivity contribution in [3.05, 3.63) is 115 Å². The van der Waals surface area contributed by atoms with Gasteiger partial charge in [0.05, 0.1) is 0 Å². The van der Waals surface area contributed by atoms with Gasteiger partial charge >= 0.3 is 260 Å². The van der Waals surface area contributed by atoms with Crippen molar-refractivity contribution in [1.82, 2.24) is 0 Å². The number of hydrogen-bond donors (Lipinski definition) is 0. The molecule has 5 rings (SSSR count). The molecule has 0 fully saturated rings. The van der Waals surface area contributed by atoms with Crippen molar-refractivity contribution in [1.29, 1.82) is 0 Å². The molecule has 0 N–H and O–H groups in total. The smallest absolute Gasteiger partial charge is 1.00 e. The molecule has 0 spiro atoms. The Bertz CT molecular complexity index is 1500. The number of allylic oxidation sites excluding steroid dienone is 4. The van der Waals surface area contributed by atoms with Crippen LogP contribution in [0.5, 0.6) is 0 Å². The molecule has 1 unspecified atom stereocenters. The Morgan fingerprint density at radius 1 is 0.674 bits per heavy atom.